The lowest BCUT2D eigenvalue weighted by atomic mass is 10.1. The molecule has 0 saturated carbocycles. The molecule has 1 heterocycles. The van der Waals surface area contributed by atoms with E-state index in [1.807, 2.05) is 19.2 Å². The van der Waals surface area contributed by atoms with Gasteiger partial charge >= 0.3 is 0 Å². The number of halogens is 1. The molecule has 0 radical (unpaired) electrons. The maximum absolute atomic E-state index is 11.6. The van der Waals surface area contributed by atoms with Crippen LogP contribution in [-0.2, 0) is 11.2 Å². The van der Waals surface area contributed by atoms with Crippen molar-refractivity contribution in [3.63, 3.8) is 0 Å². The number of hydrogen-bond donors (Lipinski definition) is 2. The van der Waals surface area contributed by atoms with Crippen molar-refractivity contribution in [3.8, 4) is 11.5 Å². The second-order valence-corrected chi connectivity index (χ2v) is 5.32. The molecule has 0 fully saturated rings. The molecule has 5 nitrogen and oxygen atoms in total. The van der Waals surface area contributed by atoms with E-state index in [0.717, 1.165) is 18.5 Å². The maximum atomic E-state index is 11.6. The molecule has 21 heavy (non-hydrogen) atoms. The van der Waals surface area contributed by atoms with Crippen LogP contribution in [-0.4, -0.2) is 39.3 Å². The first-order valence-electron chi connectivity index (χ1n) is 7.20. The zero-order chi connectivity index (χ0) is 15.1. The first-order valence-corrected chi connectivity index (χ1v) is 7.58. The van der Waals surface area contributed by atoms with Crippen LogP contribution >= 0.6 is 11.6 Å². The summed E-state index contributed by atoms with van der Waals surface area (Å²) in [7, 11) is 1.88. The molecule has 0 atom stereocenters. The van der Waals surface area contributed by atoms with Crippen LogP contribution in [0, 0.1) is 0 Å². The summed E-state index contributed by atoms with van der Waals surface area (Å²) < 4.78 is 11.0. The van der Waals surface area contributed by atoms with E-state index in [0.29, 0.717) is 49.1 Å². The van der Waals surface area contributed by atoms with Gasteiger partial charge in [0.25, 0.3) is 0 Å². The lowest BCUT2D eigenvalue weighted by Crippen LogP contribution is -2.26. The van der Waals surface area contributed by atoms with Crippen LogP contribution in [0.3, 0.4) is 0 Å². The molecule has 0 aromatic heterocycles. The summed E-state index contributed by atoms with van der Waals surface area (Å²) in [6.07, 6.45) is 2.11. The smallest absolute Gasteiger partial charge is 0.220 e. The Morgan fingerprint density at radius 3 is 2.90 bits per heavy atom. The van der Waals surface area contributed by atoms with E-state index in [1.54, 1.807) is 0 Å². The quantitative estimate of drug-likeness (QED) is 0.753. The minimum Gasteiger partial charge on any atom is -0.486 e. The van der Waals surface area contributed by atoms with Gasteiger partial charge in [-0.15, -0.1) is 0 Å². The average Bonchev–Trinajstić information content (AvgIpc) is 2.48. The van der Waals surface area contributed by atoms with Gasteiger partial charge in [-0.25, -0.2) is 0 Å². The Bertz CT molecular complexity index is 494. The van der Waals surface area contributed by atoms with Crippen molar-refractivity contribution in [2.75, 3.05) is 33.4 Å². The van der Waals surface area contributed by atoms with Gasteiger partial charge < -0.3 is 20.1 Å². The molecule has 1 aromatic rings. The summed E-state index contributed by atoms with van der Waals surface area (Å²) in [6, 6.07) is 3.79. The first-order chi connectivity index (χ1) is 10.2. The Labute approximate surface area is 130 Å². The van der Waals surface area contributed by atoms with Crippen LogP contribution in [0.4, 0.5) is 0 Å². The summed E-state index contributed by atoms with van der Waals surface area (Å²) in [5.41, 5.74) is 1.03. The number of ether oxygens (including phenoxy) is 2. The largest absolute Gasteiger partial charge is 0.486 e. The van der Waals surface area contributed by atoms with E-state index in [9.17, 15) is 4.79 Å². The molecule has 0 saturated heterocycles. The van der Waals surface area contributed by atoms with Crippen molar-refractivity contribution in [2.45, 2.75) is 19.3 Å². The van der Waals surface area contributed by atoms with Crippen LogP contribution in [0.15, 0.2) is 12.1 Å². The number of carbonyl (C=O) groups is 1. The predicted octanol–water partition coefficient (Wildman–Crippen LogP) is 1.77. The lowest BCUT2D eigenvalue weighted by Gasteiger charge is -2.20. The highest BCUT2D eigenvalue weighted by Crippen LogP contribution is 2.38. The highest BCUT2D eigenvalue weighted by molar-refractivity contribution is 6.32. The fourth-order valence-electron chi connectivity index (χ4n) is 2.17. The number of carbonyl (C=O) groups excluding carboxylic acids is 1. The van der Waals surface area contributed by atoms with Crippen molar-refractivity contribution in [1.82, 2.24) is 10.6 Å². The van der Waals surface area contributed by atoms with Crippen LogP contribution in [0.5, 0.6) is 11.5 Å². The van der Waals surface area contributed by atoms with Crippen LogP contribution < -0.4 is 20.1 Å². The van der Waals surface area contributed by atoms with Gasteiger partial charge in [-0.1, -0.05) is 11.6 Å². The van der Waals surface area contributed by atoms with E-state index in [1.165, 1.54) is 0 Å². The molecule has 0 bridgehead atoms. The van der Waals surface area contributed by atoms with Crippen molar-refractivity contribution in [2.24, 2.45) is 0 Å². The average molecular weight is 313 g/mol. The second kappa shape index (κ2) is 8.10. The Morgan fingerprint density at radius 2 is 2.10 bits per heavy atom. The zero-order valence-electron chi connectivity index (χ0n) is 12.2. The summed E-state index contributed by atoms with van der Waals surface area (Å²) in [5.74, 6) is 1.38. The van der Waals surface area contributed by atoms with Crippen molar-refractivity contribution < 1.29 is 14.3 Å². The molecule has 2 N–H and O–H groups in total. The van der Waals surface area contributed by atoms with Crippen molar-refractivity contribution >= 4 is 17.5 Å². The van der Waals surface area contributed by atoms with Crippen LogP contribution in [0.1, 0.15) is 18.4 Å². The Morgan fingerprint density at radius 1 is 1.29 bits per heavy atom. The standard InChI is InChI=1S/C15H21ClN2O3/c1-17-5-2-3-14(19)18-6-4-11-9-12(16)15-13(10-11)20-7-8-21-15/h9-10,17H,2-8H2,1H3,(H,18,19). The number of amides is 1. The zero-order valence-corrected chi connectivity index (χ0v) is 13.0. The van der Waals surface area contributed by atoms with Crippen LogP contribution in [0.25, 0.3) is 0 Å². The molecular weight excluding hydrogens is 292 g/mol. The van der Waals surface area contributed by atoms with Gasteiger partial charge in [0.15, 0.2) is 11.5 Å². The second-order valence-electron chi connectivity index (χ2n) is 4.91. The molecule has 6 heteroatoms. The molecule has 1 aliphatic heterocycles. The van der Waals surface area contributed by atoms with Gasteiger partial charge in [0.1, 0.15) is 13.2 Å². The topological polar surface area (TPSA) is 59.6 Å². The molecule has 1 aromatic carbocycles. The highest BCUT2D eigenvalue weighted by atomic mass is 35.5. The van der Waals surface area contributed by atoms with E-state index in [4.69, 9.17) is 21.1 Å². The van der Waals surface area contributed by atoms with E-state index >= 15 is 0 Å². The van der Waals surface area contributed by atoms with E-state index < -0.39 is 0 Å². The van der Waals surface area contributed by atoms with Gasteiger partial charge in [-0.05, 0) is 44.1 Å². The molecule has 116 valence electrons. The third kappa shape index (κ3) is 4.79. The van der Waals surface area contributed by atoms with Gasteiger partial charge in [0.05, 0.1) is 5.02 Å². The number of hydrogen-bond acceptors (Lipinski definition) is 4. The molecule has 1 aliphatic rings. The van der Waals surface area contributed by atoms with Gasteiger partial charge in [0, 0.05) is 13.0 Å². The first kappa shape index (κ1) is 15.9. The van der Waals surface area contributed by atoms with Gasteiger partial charge in [-0.2, -0.15) is 0 Å². The molecule has 0 spiro atoms. The number of nitrogens with one attached hydrogen (secondary N) is 2. The minimum atomic E-state index is 0.0777. The SMILES string of the molecule is CNCCCC(=O)NCCc1cc(Cl)c2c(c1)OCCO2. The molecule has 1 amide bonds. The van der Waals surface area contributed by atoms with Crippen molar-refractivity contribution in [1.29, 1.82) is 0 Å². The van der Waals surface area contributed by atoms with Crippen LogP contribution in [0.2, 0.25) is 5.02 Å². The highest BCUT2D eigenvalue weighted by Gasteiger charge is 2.16. The van der Waals surface area contributed by atoms with E-state index in [-0.39, 0.29) is 5.91 Å². The lowest BCUT2D eigenvalue weighted by molar-refractivity contribution is -0.121. The third-order valence-corrected chi connectivity index (χ3v) is 3.50. The predicted molar refractivity (Wildman–Crippen MR) is 82.3 cm³/mol. The fourth-order valence-corrected chi connectivity index (χ4v) is 2.46. The number of fused-ring (bicyclic) bond motifs is 1. The van der Waals surface area contributed by atoms with Gasteiger partial charge in [0.2, 0.25) is 5.91 Å². The minimum absolute atomic E-state index is 0.0777. The summed E-state index contributed by atoms with van der Waals surface area (Å²) in [6.45, 7) is 2.50. The Balaban J connectivity index is 1.81. The number of rotatable bonds is 7. The normalized spacial score (nSPS) is 13.0. The molecular formula is C15H21ClN2O3. The molecule has 0 aliphatic carbocycles. The summed E-state index contributed by atoms with van der Waals surface area (Å²) in [5, 5.41) is 6.49. The Kier molecular flexibility index (Phi) is 6.14. The van der Waals surface area contributed by atoms with Crippen molar-refractivity contribution in [3.05, 3.63) is 22.7 Å². The maximum Gasteiger partial charge on any atom is 0.220 e. The van der Waals surface area contributed by atoms with E-state index in [2.05, 4.69) is 10.6 Å². The van der Waals surface area contributed by atoms with Gasteiger partial charge in [-0.3, -0.25) is 4.79 Å². The third-order valence-electron chi connectivity index (χ3n) is 3.22. The number of benzene rings is 1. The fraction of sp³-hybridized carbons (Fsp3) is 0.533. The monoisotopic (exact) mass is 312 g/mol. The summed E-state index contributed by atoms with van der Waals surface area (Å²) in [4.78, 5) is 11.6. The molecule has 0 unspecified atom stereocenters. The molecule has 2 rings (SSSR count). The Hall–Kier alpha value is -1.46. The summed E-state index contributed by atoms with van der Waals surface area (Å²) >= 11 is 6.17.